The number of carbonyl (C=O) groups excluding carboxylic acids is 2. The number of benzene rings is 2. The van der Waals surface area contributed by atoms with Gasteiger partial charge in [-0.25, -0.2) is 9.18 Å². The smallest absolute Gasteiger partial charge is 0.331 e. The van der Waals surface area contributed by atoms with Gasteiger partial charge in [0, 0.05) is 17.3 Å². The first-order chi connectivity index (χ1) is 11.9. The number of ether oxygens (including phenoxy) is 1. The predicted octanol–water partition coefficient (Wildman–Crippen LogP) is 4.29. The van der Waals surface area contributed by atoms with Gasteiger partial charge in [0.15, 0.2) is 6.61 Å². The van der Waals surface area contributed by atoms with Gasteiger partial charge in [0.25, 0.3) is 5.91 Å². The molecule has 130 valence electrons. The second-order valence-electron chi connectivity index (χ2n) is 5.44. The molecule has 0 saturated carbocycles. The minimum atomic E-state index is -0.768. The Balaban J connectivity index is 1.90. The monoisotopic (exact) mass is 361 g/mol. The number of hydrogen-bond donors (Lipinski definition) is 1. The first-order valence-corrected chi connectivity index (χ1v) is 7.90. The van der Waals surface area contributed by atoms with Crippen LogP contribution in [0.15, 0.2) is 42.5 Å². The van der Waals surface area contributed by atoms with Crippen LogP contribution in [-0.4, -0.2) is 18.5 Å². The number of rotatable bonds is 5. The van der Waals surface area contributed by atoms with Crippen molar-refractivity contribution in [1.82, 2.24) is 0 Å². The Bertz CT molecular complexity index is 813. The van der Waals surface area contributed by atoms with Crippen LogP contribution in [0.25, 0.3) is 6.08 Å². The summed E-state index contributed by atoms with van der Waals surface area (Å²) in [6, 6.07) is 9.85. The Labute approximate surface area is 150 Å². The second-order valence-corrected chi connectivity index (χ2v) is 5.85. The number of aryl methyl sites for hydroxylation is 2. The second kappa shape index (κ2) is 8.44. The number of nitrogens with one attached hydrogen (secondary N) is 1. The summed E-state index contributed by atoms with van der Waals surface area (Å²) in [7, 11) is 0. The number of carbonyl (C=O) groups is 2. The Kier molecular flexibility index (Phi) is 6.31. The molecule has 0 fully saturated rings. The molecule has 1 amide bonds. The molecule has 2 aromatic rings. The van der Waals surface area contributed by atoms with Gasteiger partial charge in [-0.3, -0.25) is 4.79 Å². The summed E-state index contributed by atoms with van der Waals surface area (Å²) in [5.41, 5.74) is 2.65. The molecular formula is C19H17ClFNO3. The molecule has 0 aromatic heterocycles. The van der Waals surface area contributed by atoms with E-state index in [1.165, 1.54) is 24.3 Å². The first-order valence-electron chi connectivity index (χ1n) is 7.53. The average Bonchev–Trinajstić information content (AvgIpc) is 2.56. The van der Waals surface area contributed by atoms with E-state index in [1.54, 1.807) is 0 Å². The maximum atomic E-state index is 13.6. The molecule has 4 nitrogen and oxygen atoms in total. The molecule has 2 aromatic carbocycles. The van der Waals surface area contributed by atoms with Gasteiger partial charge in [0.05, 0.1) is 5.02 Å². The number of esters is 1. The summed E-state index contributed by atoms with van der Waals surface area (Å²) in [5, 5.41) is 2.85. The van der Waals surface area contributed by atoms with Crippen LogP contribution in [0.2, 0.25) is 5.02 Å². The molecule has 25 heavy (non-hydrogen) atoms. The van der Waals surface area contributed by atoms with Crippen molar-refractivity contribution in [2.24, 2.45) is 0 Å². The maximum Gasteiger partial charge on any atom is 0.331 e. The van der Waals surface area contributed by atoms with E-state index in [0.29, 0.717) is 5.69 Å². The Morgan fingerprint density at radius 1 is 1.24 bits per heavy atom. The number of anilines is 1. The van der Waals surface area contributed by atoms with Gasteiger partial charge >= 0.3 is 5.97 Å². The van der Waals surface area contributed by atoms with Crippen molar-refractivity contribution in [1.29, 1.82) is 0 Å². The van der Waals surface area contributed by atoms with E-state index in [9.17, 15) is 14.0 Å². The fourth-order valence-corrected chi connectivity index (χ4v) is 2.29. The van der Waals surface area contributed by atoms with Gasteiger partial charge in [-0.2, -0.15) is 0 Å². The van der Waals surface area contributed by atoms with Crippen LogP contribution in [0.3, 0.4) is 0 Å². The normalized spacial score (nSPS) is 10.7. The zero-order valence-corrected chi connectivity index (χ0v) is 14.6. The highest BCUT2D eigenvalue weighted by molar-refractivity contribution is 6.32. The third kappa shape index (κ3) is 5.43. The molecule has 0 bridgehead atoms. The van der Waals surface area contributed by atoms with Crippen LogP contribution < -0.4 is 5.32 Å². The highest BCUT2D eigenvalue weighted by Crippen LogP contribution is 2.20. The molecule has 0 aliphatic heterocycles. The molecule has 6 heteroatoms. The molecule has 0 heterocycles. The van der Waals surface area contributed by atoms with Crippen LogP contribution in [0, 0.1) is 19.7 Å². The molecular weight excluding hydrogens is 345 g/mol. The molecule has 0 radical (unpaired) electrons. The summed E-state index contributed by atoms with van der Waals surface area (Å²) < 4.78 is 18.4. The lowest BCUT2D eigenvalue weighted by Gasteiger charge is -2.09. The van der Waals surface area contributed by atoms with Crippen molar-refractivity contribution in [3.8, 4) is 0 Å². The molecule has 0 atom stereocenters. The van der Waals surface area contributed by atoms with E-state index in [4.69, 9.17) is 16.3 Å². The van der Waals surface area contributed by atoms with Crippen LogP contribution in [0.4, 0.5) is 10.1 Å². The summed E-state index contributed by atoms with van der Waals surface area (Å²) in [6.07, 6.45) is 2.23. The van der Waals surface area contributed by atoms with Crippen molar-refractivity contribution in [3.05, 3.63) is 70.0 Å². The minimum absolute atomic E-state index is 0.0842. The molecule has 1 N–H and O–H groups in total. The molecule has 0 saturated heterocycles. The number of halogens is 2. The zero-order chi connectivity index (χ0) is 18.4. The molecule has 0 aliphatic rings. The number of hydrogen-bond acceptors (Lipinski definition) is 3. The van der Waals surface area contributed by atoms with Crippen LogP contribution in [-0.2, 0) is 14.3 Å². The lowest BCUT2D eigenvalue weighted by Crippen LogP contribution is -2.20. The standard InChI is InChI=1S/C19H17ClFNO3/c1-12-6-7-13(2)17(10-12)22-18(23)11-25-19(24)9-8-14-15(20)4-3-5-16(14)21/h3-10H,11H2,1-2H3,(H,22,23). The lowest BCUT2D eigenvalue weighted by molar-refractivity contribution is -0.142. The summed E-state index contributed by atoms with van der Waals surface area (Å²) >= 11 is 5.85. The Hall–Kier alpha value is -2.66. The van der Waals surface area contributed by atoms with E-state index in [2.05, 4.69) is 5.32 Å². The number of amides is 1. The van der Waals surface area contributed by atoms with Gasteiger partial charge in [-0.15, -0.1) is 0 Å². The van der Waals surface area contributed by atoms with Gasteiger partial charge in [-0.05, 0) is 49.2 Å². The van der Waals surface area contributed by atoms with Crippen LogP contribution in [0.1, 0.15) is 16.7 Å². The van der Waals surface area contributed by atoms with Crippen LogP contribution >= 0.6 is 11.6 Å². The average molecular weight is 362 g/mol. The first kappa shape index (κ1) is 18.7. The van der Waals surface area contributed by atoms with Gasteiger partial charge < -0.3 is 10.1 Å². The maximum absolute atomic E-state index is 13.6. The van der Waals surface area contributed by atoms with Gasteiger partial charge in [0.2, 0.25) is 0 Å². The highest BCUT2D eigenvalue weighted by atomic mass is 35.5. The van der Waals surface area contributed by atoms with Crippen molar-refractivity contribution >= 4 is 35.2 Å². The molecule has 0 unspecified atom stereocenters. The van der Waals surface area contributed by atoms with Crippen molar-refractivity contribution in [2.75, 3.05) is 11.9 Å². The zero-order valence-electron chi connectivity index (χ0n) is 13.8. The quantitative estimate of drug-likeness (QED) is 0.638. The largest absolute Gasteiger partial charge is 0.452 e. The minimum Gasteiger partial charge on any atom is -0.452 e. The van der Waals surface area contributed by atoms with E-state index in [1.807, 2.05) is 32.0 Å². The van der Waals surface area contributed by atoms with Gasteiger partial charge in [-0.1, -0.05) is 29.8 Å². The fourth-order valence-electron chi connectivity index (χ4n) is 2.06. The van der Waals surface area contributed by atoms with Gasteiger partial charge in [0.1, 0.15) is 5.82 Å². The van der Waals surface area contributed by atoms with Crippen LogP contribution in [0.5, 0.6) is 0 Å². The van der Waals surface area contributed by atoms with E-state index < -0.39 is 24.3 Å². The SMILES string of the molecule is Cc1ccc(C)c(NC(=O)COC(=O)C=Cc2c(F)cccc2Cl)c1. The predicted molar refractivity (Wildman–Crippen MR) is 95.9 cm³/mol. The van der Waals surface area contributed by atoms with E-state index in [-0.39, 0.29) is 10.6 Å². The summed E-state index contributed by atoms with van der Waals surface area (Å²) in [5.74, 6) is -1.78. The summed E-state index contributed by atoms with van der Waals surface area (Å²) in [6.45, 7) is 3.33. The Morgan fingerprint density at radius 2 is 2.00 bits per heavy atom. The highest BCUT2D eigenvalue weighted by Gasteiger charge is 2.08. The fraction of sp³-hybridized carbons (Fsp3) is 0.158. The topological polar surface area (TPSA) is 55.4 Å². The van der Waals surface area contributed by atoms with Crippen molar-refractivity contribution in [3.63, 3.8) is 0 Å². The van der Waals surface area contributed by atoms with E-state index >= 15 is 0 Å². The lowest BCUT2D eigenvalue weighted by atomic mass is 10.1. The summed E-state index contributed by atoms with van der Waals surface area (Å²) in [4.78, 5) is 23.5. The van der Waals surface area contributed by atoms with Crippen molar-refractivity contribution < 1.29 is 18.7 Å². The molecule has 0 spiro atoms. The third-order valence-corrected chi connectivity index (χ3v) is 3.73. The molecule has 2 rings (SSSR count). The third-order valence-electron chi connectivity index (χ3n) is 3.40. The molecule has 0 aliphatic carbocycles. The Morgan fingerprint density at radius 3 is 2.72 bits per heavy atom. The van der Waals surface area contributed by atoms with Crippen molar-refractivity contribution in [2.45, 2.75) is 13.8 Å². The van der Waals surface area contributed by atoms with E-state index in [0.717, 1.165) is 17.2 Å².